The second-order valence-electron chi connectivity index (χ2n) is 6.76. The number of urea groups is 1. The number of imide groups is 1. The van der Waals surface area contributed by atoms with E-state index in [1.807, 2.05) is 13.0 Å². The number of rotatable bonds is 7. The van der Waals surface area contributed by atoms with Crippen molar-refractivity contribution in [3.8, 4) is 0 Å². The molecule has 1 heterocycles. The van der Waals surface area contributed by atoms with Crippen LogP contribution in [0.2, 0.25) is 0 Å². The molecule has 1 saturated carbocycles. The van der Waals surface area contributed by atoms with E-state index in [-0.39, 0.29) is 24.7 Å². The summed E-state index contributed by atoms with van der Waals surface area (Å²) < 4.78 is 5.01. The lowest BCUT2D eigenvalue weighted by Gasteiger charge is -2.23. The Morgan fingerprint density at radius 2 is 1.85 bits per heavy atom. The summed E-state index contributed by atoms with van der Waals surface area (Å²) in [5, 5.41) is 4.96. The molecule has 148 valence electrons. The summed E-state index contributed by atoms with van der Waals surface area (Å²) in [6.45, 7) is 3.30. The highest BCUT2D eigenvalue weighted by atomic mass is 32.1. The van der Waals surface area contributed by atoms with Crippen LogP contribution in [0, 0.1) is 6.92 Å². The maximum Gasteiger partial charge on any atom is 0.321 e. The number of carbonyl (C=O) groups is 4. The zero-order chi connectivity index (χ0) is 19.8. The SMILES string of the molecule is Cc1ccc(C(=O)CCC(=O)O[C@@H](C)C(=O)NC(=O)NC2CCCCC2)s1. The van der Waals surface area contributed by atoms with Crippen LogP contribution >= 0.6 is 11.3 Å². The number of thiophene rings is 1. The summed E-state index contributed by atoms with van der Waals surface area (Å²) >= 11 is 1.38. The topological polar surface area (TPSA) is 102 Å². The molecule has 1 fully saturated rings. The molecule has 2 rings (SSSR count). The lowest BCUT2D eigenvalue weighted by molar-refractivity contribution is -0.154. The standard InChI is InChI=1S/C19H26N2O5S/c1-12-8-10-16(27-12)15(22)9-11-17(23)26-13(2)18(24)21-19(25)20-14-6-4-3-5-7-14/h8,10,13-14H,3-7,9,11H2,1-2H3,(H2,20,21,24,25)/t13-/m0/s1. The average Bonchev–Trinajstić information content (AvgIpc) is 3.06. The zero-order valence-corrected chi connectivity index (χ0v) is 16.5. The largest absolute Gasteiger partial charge is 0.453 e. The Hall–Kier alpha value is -2.22. The lowest BCUT2D eigenvalue weighted by Crippen LogP contribution is -2.48. The van der Waals surface area contributed by atoms with Crippen LogP contribution in [0.25, 0.3) is 0 Å². The number of nitrogens with one attached hydrogen (secondary N) is 2. The summed E-state index contributed by atoms with van der Waals surface area (Å²) in [5.41, 5.74) is 0. The van der Waals surface area contributed by atoms with Crippen LogP contribution in [-0.2, 0) is 14.3 Å². The molecule has 7 nitrogen and oxygen atoms in total. The molecule has 3 amide bonds. The highest BCUT2D eigenvalue weighted by Crippen LogP contribution is 2.18. The van der Waals surface area contributed by atoms with Crippen molar-refractivity contribution in [2.75, 3.05) is 0 Å². The van der Waals surface area contributed by atoms with Gasteiger partial charge in [-0.25, -0.2) is 4.79 Å². The van der Waals surface area contributed by atoms with Gasteiger partial charge in [0.25, 0.3) is 5.91 Å². The number of amides is 3. The van der Waals surface area contributed by atoms with Crippen molar-refractivity contribution in [3.05, 3.63) is 21.9 Å². The van der Waals surface area contributed by atoms with Crippen molar-refractivity contribution >= 4 is 35.0 Å². The van der Waals surface area contributed by atoms with Crippen LogP contribution in [0.1, 0.15) is 66.4 Å². The number of aryl methyl sites for hydroxylation is 1. The van der Waals surface area contributed by atoms with E-state index in [1.54, 1.807) is 6.07 Å². The van der Waals surface area contributed by atoms with Crippen LogP contribution in [0.3, 0.4) is 0 Å². The fourth-order valence-electron chi connectivity index (χ4n) is 2.91. The summed E-state index contributed by atoms with van der Waals surface area (Å²) in [6.07, 6.45) is 3.92. The number of esters is 1. The minimum atomic E-state index is -1.10. The fraction of sp³-hybridized carbons (Fsp3) is 0.579. The summed E-state index contributed by atoms with van der Waals surface area (Å²) in [7, 11) is 0. The second kappa shape index (κ2) is 10.2. The van der Waals surface area contributed by atoms with E-state index in [0.29, 0.717) is 4.88 Å². The van der Waals surface area contributed by atoms with Gasteiger partial charge in [-0.2, -0.15) is 0 Å². The maximum absolute atomic E-state index is 12.0. The molecule has 2 N–H and O–H groups in total. The van der Waals surface area contributed by atoms with Crippen molar-refractivity contribution in [2.45, 2.75) is 70.9 Å². The molecule has 8 heteroatoms. The van der Waals surface area contributed by atoms with E-state index in [4.69, 9.17) is 4.74 Å². The molecular weight excluding hydrogens is 368 g/mol. The van der Waals surface area contributed by atoms with Crippen LogP contribution in [-0.4, -0.2) is 35.8 Å². The lowest BCUT2D eigenvalue weighted by atomic mass is 9.96. The number of ether oxygens (including phenoxy) is 1. The highest BCUT2D eigenvalue weighted by molar-refractivity contribution is 7.14. The molecule has 0 unspecified atom stereocenters. The molecule has 0 spiro atoms. The predicted octanol–water partition coefficient (Wildman–Crippen LogP) is 3.11. The molecular formula is C19H26N2O5S. The first-order valence-corrected chi connectivity index (χ1v) is 10.1. The van der Waals surface area contributed by atoms with E-state index in [2.05, 4.69) is 10.6 Å². The molecule has 1 atom stereocenters. The molecule has 1 aliphatic carbocycles. The number of hydrogen-bond donors (Lipinski definition) is 2. The van der Waals surface area contributed by atoms with Gasteiger partial charge in [0.15, 0.2) is 11.9 Å². The fourth-order valence-corrected chi connectivity index (χ4v) is 3.75. The quantitative estimate of drug-likeness (QED) is 0.546. The summed E-state index contributed by atoms with van der Waals surface area (Å²) in [6, 6.07) is 3.09. The molecule has 1 aromatic heterocycles. The minimum Gasteiger partial charge on any atom is -0.453 e. The number of carbonyl (C=O) groups excluding carboxylic acids is 4. The van der Waals surface area contributed by atoms with Gasteiger partial charge in [-0.3, -0.25) is 19.7 Å². The number of Topliss-reactive ketones (excluding diaryl/α,β-unsaturated/α-hetero) is 1. The molecule has 0 aliphatic heterocycles. The van der Waals surface area contributed by atoms with Gasteiger partial charge in [0.2, 0.25) is 0 Å². The van der Waals surface area contributed by atoms with Gasteiger partial charge in [-0.15, -0.1) is 11.3 Å². The minimum absolute atomic E-state index is 0.0231. The second-order valence-corrected chi connectivity index (χ2v) is 8.05. The number of hydrogen-bond acceptors (Lipinski definition) is 6. The Morgan fingerprint density at radius 1 is 1.15 bits per heavy atom. The Labute approximate surface area is 162 Å². The molecule has 0 saturated heterocycles. The van der Waals surface area contributed by atoms with Crippen molar-refractivity contribution < 1.29 is 23.9 Å². The van der Waals surface area contributed by atoms with Gasteiger partial charge in [0, 0.05) is 17.3 Å². The normalized spacial score (nSPS) is 15.6. The van der Waals surface area contributed by atoms with Gasteiger partial charge < -0.3 is 10.1 Å². The van der Waals surface area contributed by atoms with Crippen LogP contribution in [0.5, 0.6) is 0 Å². The van der Waals surface area contributed by atoms with Crippen molar-refractivity contribution in [1.29, 1.82) is 0 Å². The number of ketones is 1. The van der Waals surface area contributed by atoms with Crippen LogP contribution in [0.4, 0.5) is 4.79 Å². The molecule has 0 bridgehead atoms. The third-order valence-electron chi connectivity index (χ3n) is 4.43. The maximum atomic E-state index is 12.0. The zero-order valence-electron chi connectivity index (χ0n) is 15.7. The van der Waals surface area contributed by atoms with Gasteiger partial charge in [-0.05, 0) is 38.8 Å². The van der Waals surface area contributed by atoms with Crippen molar-refractivity contribution in [2.24, 2.45) is 0 Å². The van der Waals surface area contributed by atoms with E-state index in [0.717, 1.165) is 30.6 Å². The van der Waals surface area contributed by atoms with E-state index in [9.17, 15) is 19.2 Å². The summed E-state index contributed by atoms with van der Waals surface area (Å²) in [4.78, 5) is 49.3. The Bertz CT molecular complexity index is 694. The first-order chi connectivity index (χ1) is 12.8. The summed E-state index contributed by atoms with van der Waals surface area (Å²) in [5.74, 6) is -1.46. The van der Waals surface area contributed by atoms with Gasteiger partial charge >= 0.3 is 12.0 Å². The first kappa shape index (κ1) is 21.1. The Balaban J connectivity index is 1.68. The van der Waals surface area contributed by atoms with E-state index >= 15 is 0 Å². The van der Waals surface area contributed by atoms with Gasteiger partial charge in [0.1, 0.15) is 0 Å². The van der Waals surface area contributed by atoms with Gasteiger partial charge in [0.05, 0.1) is 11.3 Å². The van der Waals surface area contributed by atoms with Crippen molar-refractivity contribution in [3.63, 3.8) is 0 Å². The molecule has 0 radical (unpaired) electrons. The third kappa shape index (κ3) is 7.13. The first-order valence-electron chi connectivity index (χ1n) is 9.25. The Morgan fingerprint density at radius 3 is 2.48 bits per heavy atom. The highest BCUT2D eigenvalue weighted by Gasteiger charge is 2.22. The van der Waals surface area contributed by atoms with Gasteiger partial charge in [-0.1, -0.05) is 19.3 Å². The molecule has 1 aliphatic rings. The van der Waals surface area contributed by atoms with Crippen molar-refractivity contribution in [1.82, 2.24) is 10.6 Å². The average molecular weight is 394 g/mol. The molecule has 1 aromatic rings. The predicted molar refractivity (Wildman–Crippen MR) is 102 cm³/mol. The smallest absolute Gasteiger partial charge is 0.321 e. The molecule has 0 aromatic carbocycles. The Kier molecular flexibility index (Phi) is 7.97. The van der Waals surface area contributed by atoms with E-state index < -0.39 is 24.0 Å². The molecule has 27 heavy (non-hydrogen) atoms. The third-order valence-corrected chi connectivity index (χ3v) is 5.47. The van der Waals surface area contributed by atoms with Crippen LogP contribution < -0.4 is 10.6 Å². The van der Waals surface area contributed by atoms with Crippen LogP contribution in [0.15, 0.2) is 12.1 Å². The monoisotopic (exact) mass is 394 g/mol. The van der Waals surface area contributed by atoms with E-state index in [1.165, 1.54) is 24.7 Å².